The van der Waals surface area contributed by atoms with Crippen molar-refractivity contribution in [2.24, 2.45) is 5.10 Å². The van der Waals surface area contributed by atoms with Crippen molar-refractivity contribution < 1.29 is 14.3 Å². The molecular weight excluding hydrogens is 356 g/mol. The molecule has 2 aromatic rings. The predicted molar refractivity (Wildman–Crippen MR) is 108 cm³/mol. The summed E-state index contributed by atoms with van der Waals surface area (Å²) >= 11 is 0. The summed E-state index contributed by atoms with van der Waals surface area (Å²) in [5.74, 6) is -0.163. The zero-order chi connectivity index (χ0) is 19.5. The smallest absolute Gasteiger partial charge is 0.410 e. The van der Waals surface area contributed by atoms with Gasteiger partial charge in [0.15, 0.2) is 0 Å². The average Bonchev–Trinajstić information content (AvgIpc) is 3.32. The van der Waals surface area contributed by atoms with E-state index in [0.29, 0.717) is 30.9 Å². The van der Waals surface area contributed by atoms with Crippen molar-refractivity contribution in [3.05, 3.63) is 59.7 Å². The lowest BCUT2D eigenvalue weighted by molar-refractivity contribution is 0.102. The normalized spacial score (nSPS) is 16.2. The fourth-order valence-corrected chi connectivity index (χ4v) is 3.23. The van der Waals surface area contributed by atoms with Crippen LogP contribution in [0.25, 0.3) is 0 Å². The Kier molecular flexibility index (Phi) is 4.97. The predicted octanol–water partition coefficient (Wildman–Crippen LogP) is 3.48. The van der Waals surface area contributed by atoms with Gasteiger partial charge in [0.25, 0.3) is 5.91 Å². The molecule has 0 atom stereocenters. The molecule has 4 rings (SSSR count). The van der Waals surface area contributed by atoms with Gasteiger partial charge in [-0.2, -0.15) is 5.10 Å². The summed E-state index contributed by atoms with van der Waals surface area (Å²) in [6.07, 6.45) is 0.688. The van der Waals surface area contributed by atoms with Crippen LogP contribution in [0, 0.1) is 0 Å². The van der Waals surface area contributed by atoms with Crippen molar-refractivity contribution in [2.45, 2.75) is 19.9 Å². The fraction of sp³-hybridized carbons (Fsp3) is 0.286. The number of rotatable bonds is 5. The molecule has 0 aromatic heterocycles. The van der Waals surface area contributed by atoms with Crippen molar-refractivity contribution >= 4 is 29.1 Å². The average molecular weight is 378 g/mol. The van der Waals surface area contributed by atoms with Gasteiger partial charge in [0, 0.05) is 36.5 Å². The zero-order valence-corrected chi connectivity index (χ0v) is 15.7. The summed E-state index contributed by atoms with van der Waals surface area (Å²) < 4.78 is 4.93. The number of hydrogen-bond donors (Lipinski definition) is 1. The second kappa shape index (κ2) is 7.72. The molecule has 2 aromatic carbocycles. The lowest BCUT2D eigenvalue weighted by Gasteiger charge is -2.14. The Labute approximate surface area is 163 Å². The number of nitrogens with zero attached hydrogens (tertiary/aromatic N) is 3. The van der Waals surface area contributed by atoms with Crippen molar-refractivity contribution in [3.63, 3.8) is 0 Å². The molecule has 7 heteroatoms. The first-order valence-electron chi connectivity index (χ1n) is 9.32. The molecule has 2 heterocycles. The second-order valence-electron chi connectivity index (χ2n) is 6.94. The highest BCUT2D eigenvalue weighted by Crippen LogP contribution is 2.21. The number of hydrogen-bond acceptors (Lipinski definition) is 5. The minimum atomic E-state index is -0.282. The molecule has 28 heavy (non-hydrogen) atoms. The fourth-order valence-electron chi connectivity index (χ4n) is 3.23. The molecule has 0 saturated carbocycles. The highest BCUT2D eigenvalue weighted by Gasteiger charge is 2.21. The molecular formula is C21H22N4O3. The topological polar surface area (TPSA) is 74.2 Å². The first-order chi connectivity index (χ1) is 13.6. The Morgan fingerprint density at radius 1 is 1.11 bits per heavy atom. The Balaban J connectivity index is 1.36. The van der Waals surface area contributed by atoms with Crippen LogP contribution in [0.3, 0.4) is 0 Å². The standard InChI is InChI=1S/C21H22N4O3/c1-15-10-11-25(23-15)19-8-4-17(5-9-19)20(26)22-18-6-2-16(3-7-18)14-24-12-13-28-21(24)27/h2-9H,10-14H2,1H3,(H,22,26). The number of nitrogens with one attached hydrogen (secondary N) is 1. The summed E-state index contributed by atoms with van der Waals surface area (Å²) in [6, 6.07) is 14.9. The van der Waals surface area contributed by atoms with Gasteiger partial charge < -0.3 is 15.0 Å². The van der Waals surface area contributed by atoms with Crippen molar-refractivity contribution in [1.82, 2.24) is 4.90 Å². The van der Waals surface area contributed by atoms with Crippen molar-refractivity contribution in [2.75, 3.05) is 30.0 Å². The first-order valence-corrected chi connectivity index (χ1v) is 9.32. The summed E-state index contributed by atoms with van der Waals surface area (Å²) in [5, 5.41) is 9.32. The van der Waals surface area contributed by atoms with Gasteiger partial charge in [-0.1, -0.05) is 12.1 Å². The van der Waals surface area contributed by atoms with Gasteiger partial charge in [0.05, 0.1) is 12.2 Å². The van der Waals surface area contributed by atoms with E-state index < -0.39 is 0 Å². The molecule has 2 aliphatic rings. The molecule has 0 spiro atoms. The largest absolute Gasteiger partial charge is 0.448 e. The summed E-state index contributed by atoms with van der Waals surface area (Å²) in [4.78, 5) is 25.6. The zero-order valence-electron chi connectivity index (χ0n) is 15.7. The van der Waals surface area contributed by atoms with Gasteiger partial charge in [-0.3, -0.25) is 9.80 Å². The number of anilines is 2. The van der Waals surface area contributed by atoms with Crippen LogP contribution in [0.4, 0.5) is 16.2 Å². The van der Waals surface area contributed by atoms with E-state index in [2.05, 4.69) is 10.4 Å². The van der Waals surface area contributed by atoms with Gasteiger partial charge >= 0.3 is 6.09 Å². The number of benzene rings is 2. The second-order valence-corrected chi connectivity index (χ2v) is 6.94. The van der Waals surface area contributed by atoms with E-state index in [9.17, 15) is 9.59 Å². The molecule has 1 fully saturated rings. The Morgan fingerprint density at radius 2 is 1.86 bits per heavy atom. The molecule has 2 amide bonds. The van der Waals surface area contributed by atoms with Crippen molar-refractivity contribution in [3.8, 4) is 0 Å². The Bertz CT molecular complexity index is 906. The third-order valence-corrected chi connectivity index (χ3v) is 4.83. The molecule has 0 bridgehead atoms. The lowest BCUT2D eigenvalue weighted by atomic mass is 10.1. The number of carbonyl (C=O) groups is 2. The van der Waals surface area contributed by atoms with E-state index in [1.807, 2.05) is 48.3 Å². The molecule has 144 valence electrons. The maximum atomic E-state index is 12.5. The number of cyclic esters (lactones) is 1. The van der Waals surface area contributed by atoms with Crippen LogP contribution >= 0.6 is 0 Å². The molecule has 0 radical (unpaired) electrons. The minimum Gasteiger partial charge on any atom is -0.448 e. The Morgan fingerprint density at radius 3 is 2.46 bits per heavy atom. The van der Waals surface area contributed by atoms with Crippen LogP contribution in [0.1, 0.15) is 29.3 Å². The third kappa shape index (κ3) is 3.98. The molecule has 7 nitrogen and oxygen atoms in total. The summed E-state index contributed by atoms with van der Waals surface area (Å²) in [7, 11) is 0. The van der Waals surface area contributed by atoms with Gasteiger partial charge in [-0.25, -0.2) is 4.79 Å². The van der Waals surface area contributed by atoms with Crippen LogP contribution in [0.2, 0.25) is 0 Å². The van der Waals surface area contributed by atoms with Crippen LogP contribution in [0.5, 0.6) is 0 Å². The van der Waals surface area contributed by atoms with Crippen LogP contribution < -0.4 is 10.3 Å². The van der Waals surface area contributed by atoms with E-state index in [1.54, 1.807) is 17.0 Å². The maximum Gasteiger partial charge on any atom is 0.410 e. The van der Waals surface area contributed by atoms with E-state index in [-0.39, 0.29) is 12.0 Å². The molecule has 0 unspecified atom stereocenters. The molecule has 0 aliphatic carbocycles. The van der Waals surface area contributed by atoms with Crippen molar-refractivity contribution in [1.29, 1.82) is 0 Å². The molecule has 1 N–H and O–H groups in total. The minimum absolute atomic E-state index is 0.163. The van der Waals surface area contributed by atoms with Gasteiger partial charge in [0.2, 0.25) is 0 Å². The van der Waals surface area contributed by atoms with E-state index in [0.717, 1.165) is 29.9 Å². The third-order valence-electron chi connectivity index (χ3n) is 4.83. The van der Waals surface area contributed by atoms with E-state index in [4.69, 9.17) is 4.74 Å². The summed E-state index contributed by atoms with van der Waals surface area (Å²) in [5.41, 5.74) is 4.39. The SMILES string of the molecule is CC1=NN(c2ccc(C(=O)Nc3ccc(CN4CCOC4=O)cc3)cc2)CC1. The Hall–Kier alpha value is -3.35. The molecule has 2 aliphatic heterocycles. The highest BCUT2D eigenvalue weighted by molar-refractivity contribution is 6.04. The monoisotopic (exact) mass is 378 g/mol. The quantitative estimate of drug-likeness (QED) is 0.864. The van der Waals surface area contributed by atoms with E-state index >= 15 is 0 Å². The van der Waals surface area contributed by atoms with Gasteiger partial charge in [-0.15, -0.1) is 0 Å². The van der Waals surface area contributed by atoms with Gasteiger partial charge in [0.1, 0.15) is 6.61 Å². The van der Waals surface area contributed by atoms with Crippen LogP contribution in [-0.2, 0) is 11.3 Å². The number of ether oxygens (including phenoxy) is 1. The number of amides is 2. The first kappa shape index (κ1) is 18.0. The maximum absolute atomic E-state index is 12.5. The van der Waals surface area contributed by atoms with E-state index in [1.165, 1.54) is 0 Å². The summed E-state index contributed by atoms with van der Waals surface area (Å²) in [6.45, 7) is 4.45. The van der Waals surface area contributed by atoms with Crippen LogP contribution in [0.15, 0.2) is 53.6 Å². The number of hydrazone groups is 1. The van der Waals surface area contributed by atoms with Crippen LogP contribution in [-0.4, -0.2) is 42.3 Å². The lowest BCUT2D eigenvalue weighted by Crippen LogP contribution is -2.23. The van der Waals surface area contributed by atoms with Gasteiger partial charge in [-0.05, 0) is 48.9 Å². The highest BCUT2D eigenvalue weighted by atomic mass is 16.6. The number of carbonyl (C=O) groups excluding carboxylic acids is 2. The molecule has 1 saturated heterocycles.